The molecule has 2 aliphatic heterocycles. The summed E-state index contributed by atoms with van der Waals surface area (Å²) in [5, 5.41) is 2.66. The van der Waals surface area contributed by atoms with Gasteiger partial charge in [-0.2, -0.15) is 0 Å². The Morgan fingerprint density at radius 3 is 2.29 bits per heavy atom. The lowest BCUT2D eigenvalue weighted by molar-refractivity contribution is 0.217. The number of urea groups is 1. The van der Waals surface area contributed by atoms with E-state index in [1.165, 1.54) is 6.07 Å². The molecule has 2 heterocycles. The molecule has 0 bridgehead atoms. The summed E-state index contributed by atoms with van der Waals surface area (Å²) in [6.07, 6.45) is 0. The van der Waals surface area contributed by atoms with Crippen LogP contribution in [0.15, 0.2) is 53.4 Å². The molecule has 2 aromatic rings. The van der Waals surface area contributed by atoms with E-state index in [-0.39, 0.29) is 36.3 Å². The molecule has 11 heteroatoms. The quantitative estimate of drug-likeness (QED) is 0.696. The van der Waals surface area contributed by atoms with Gasteiger partial charge in [-0.05, 0) is 24.3 Å². The van der Waals surface area contributed by atoms with Gasteiger partial charge in [0.1, 0.15) is 10.6 Å². The Labute approximate surface area is 195 Å². The summed E-state index contributed by atoms with van der Waals surface area (Å²) in [7, 11) is -2.16. The number of methoxy groups -OCH3 is 1. The van der Waals surface area contributed by atoms with Crippen molar-refractivity contribution in [2.45, 2.75) is 4.90 Å². The summed E-state index contributed by atoms with van der Waals surface area (Å²) in [5.74, 6) is 0.843. The molecule has 0 aliphatic carbocycles. The summed E-state index contributed by atoms with van der Waals surface area (Å²) < 4.78 is 32.0. The molecule has 170 valence electrons. The van der Waals surface area contributed by atoms with Crippen LogP contribution < -0.4 is 15.0 Å². The van der Waals surface area contributed by atoms with Crippen molar-refractivity contribution in [2.24, 2.45) is 0 Å². The minimum atomic E-state index is -3.83. The summed E-state index contributed by atoms with van der Waals surface area (Å²) in [6, 6.07) is 13.8. The number of carbonyl (C=O) groups is 1. The van der Waals surface area contributed by atoms with E-state index in [0.29, 0.717) is 12.2 Å². The SMILES string of the molecule is COc1ccccc1N1CCN(CCN2C(=O)Nc3ccccc3S2(=O)=O)CC1.Cl.Cl. The van der Waals surface area contributed by atoms with E-state index in [1.54, 1.807) is 25.3 Å². The molecule has 0 aromatic heterocycles. The molecule has 0 spiro atoms. The highest BCUT2D eigenvalue weighted by Gasteiger charge is 2.36. The number of fused-ring (bicyclic) bond motifs is 1. The van der Waals surface area contributed by atoms with E-state index in [1.807, 2.05) is 24.3 Å². The van der Waals surface area contributed by atoms with E-state index in [4.69, 9.17) is 4.74 Å². The fourth-order valence-electron chi connectivity index (χ4n) is 3.76. The maximum Gasteiger partial charge on any atom is 0.335 e. The minimum absolute atomic E-state index is 0. The standard InChI is InChI=1S/C20H24N4O4S.2ClH/c1-28-18-8-4-3-7-17(18)23-13-10-22(11-14-23)12-15-24-20(25)21-16-6-2-5-9-19(16)29(24,26)27;;/h2-9H,10-15H2,1H3,(H,21,25);2*1H. The molecule has 2 aromatic carbocycles. The second kappa shape index (κ2) is 10.4. The number of carbonyl (C=O) groups excluding carboxylic acids is 1. The van der Waals surface area contributed by atoms with Crippen LogP contribution in [0.25, 0.3) is 0 Å². The number of amides is 2. The van der Waals surface area contributed by atoms with Crippen LogP contribution >= 0.6 is 24.8 Å². The summed E-state index contributed by atoms with van der Waals surface area (Å²) >= 11 is 0. The van der Waals surface area contributed by atoms with Crippen molar-refractivity contribution >= 4 is 52.2 Å². The van der Waals surface area contributed by atoms with Crippen molar-refractivity contribution in [1.29, 1.82) is 0 Å². The number of piperazine rings is 1. The van der Waals surface area contributed by atoms with Crippen molar-refractivity contribution in [3.8, 4) is 5.75 Å². The molecule has 1 saturated heterocycles. The molecule has 1 N–H and O–H groups in total. The first-order chi connectivity index (χ1) is 14.0. The van der Waals surface area contributed by atoms with Crippen molar-refractivity contribution < 1.29 is 17.9 Å². The van der Waals surface area contributed by atoms with Gasteiger partial charge < -0.3 is 15.0 Å². The van der Waals surface area contributed by atoms with Crippen LogP contribution in [0.3, 0.4) is 0 Å². The minimum Gasteiger partial charge on any atom is -0.495 e. The Bertz CT molecular complexity index is 1010. The number of halogens is 2. The molecule has 2 aliphatic rings. The van der Waals surface area contributed by atoms with Gasteiger partial charge in [0.2, 0.25) is 0 Å². The average Bonchev–Trinajstić information content (AvgIpc) is 2.74. The van der Waals surface area contributed by atoms with Crippen molar-refractivity contribution in [1.82, 2.24) is 9.21 Å². The third-order valence-electron chi connectivity index (χ3n) is 5.34. The highest BCUT2D eigenvalue weighted by Crippen LogP contribution is 2.30. The monoisotopic (exact) mass is 488 g/mol. The molecule has 4 rings (SSSR count). The first kappa shape index (κ1) is 25.1. The molecular weight excluding hydrogens is 463 g/mol. The molecule has 0 atom stereocenters. The number of para-hydroxylation sites is 3. The zero-order valence-corrected chi connectivity index (χ0v) is 19.5. The van der Waals surface area contributed by atoms with Crippen LogP contribution in [0.4, 0.5) is 16.2 Å². The molecule has 31 heavy (non-hydrogen) atoms. The Balaban J connectivity index is 0.00000171. The second-order valence-electron chi connectivity index (χ2n) is 7.00. The fraction of sp³-hybridized carbons (Fsp3) is 0.350. The topological polar surface area (TPSA) is 82.2 Å². The number of sulfonamides is 1. The Morgan fingerprint density at radius 2 is 1.58 bits per heavy atom. The number of hydrogen-bond donors (Lipinski definition) is 1. The average molecular weight is 489 g/mol. The van der Waals surface area contributed by atoms with Gasteiger partial charge in [-0.1, -0.05) is 24.3 Å². The number of hydrogen-bond acceptors (Lipinski definition) is 6. The number of nitrogens with zero attached hydrogens (tertiary/aromatic N) is 3. The van der Waals surface area contributed by atoms with E-state index in [0.717, 1.165) is 41.9 Å². The largest absolute Gasteiger partial charge is 0.495 e. The van der Waals surface area contributed by atoms with Crippen LogP contribution in [0.1, 0.15) is 0 Å². The Morgan fingerprint density at radius 1 is 0.935 bits per heavy atom. The van der Waals surface area contributed by atoms with Gasteiger partial charge in [0.05, 0.1) is 25.0 Å². The highest BCUT2D eigenvalue weighted by molar-refractivity contribution is 7.90. The molecule has 0 radical (unpaired) electrons. The lowest BCUT2D eigenvalue weighted by Gasteiger charge is -2.37. The molecular formula is C20H26Cl2N4O4S. The predicted molar refractivity (Wildman–Crippen MR) is 125 cm³/mol. The number of benzene rings is 2. The van der Waals surface area contributed by atoms with Gasteiger partial charge in [0.15, 0.2) is 0 Å². The second-order valence-corrected chi connectivity index (χ2v) is 8.83. The zero-order valence-electron chi connectivity index (χ0n) is 17.1. The van der Waals surface area contributed by atoms with Gasteiger partial charge in [-0.25, -0.2) is 17.5 Å². The lowest BCUT2D eigenvalue weighted by atomic mass is 10.2. The molecule has 2 amide bonds. The summed E-state index contributed by atoms with van der Waals surface area (Å²) in [5.41, 5.74) is 1.39. The van der Waals surface area contributed by atoms with Crippen LogP contribution in [0, 0.1) is 0 Å². The number of rotatable bonds is 5. The van der Waals surface area contributed by atoms with Crippen molar-refractivity contribution in [2.75, 3.05) is 56.6 Å². The van der Waals surface area contributed by atoms with Crippen molar-refractivity contribution in [3.63, 3.8) is 0 Å². The van der Waals surface area contributed by atoms with Gasteiger partial charge in [-0.15, -0.1) is 24.8 Å². The molecule has 0 saturated carbocycles. The number of nitrogens with one attached hydrogen (secondary N) is 1. The third kappa shape index (κ3) is 5.01. The van der Waals surface area contributed by atoms with Gasteiger partial charge >= 0.3 is 6.03 Å². The zero-order chi connectivity index (χ0) is 20.4. The number of ether oxygens (including phenoxy) is 1. The Hall–Kier alpha value is -2.20. The maximum atomic E-state index is 12.8. The van der Waals surface area contributed by atoms with E-state index >= 15 is 0 Å². The summed E-state index contributed by atoms with van der Waals surface area (Å²) in [4.78, 5) is 16.9. The molecule has 0 unspecified atom stereocenters. The highest BCUT2D eigenvalue weighted by atomic mass is 35.5. The van der Waals surface area contributed by atoms with Crippen LogP contribution in [-0.4, -0.2) is 70.0 Å². The smallest absolute Gasteiger partial charge is 0.335 e. The molecule has 1 fully saturated rings. The van der Waals surface area contributed by atoms with Crippen LogP contribution in [0.2, 0.25) is 0 Å². The lowest BCUT2D eigenvalue weighted by Crippen LogP contribution is -2.51. The molecule has 8 nitrogen and oxygen atoms in total. The maximum absolute atomic E-state index is 12.8. The van der Waals surface area contributed by atoms with Crippen LogP contribution in [-0.2, 0) is 10.0 Å². The van der Waals surface area contributed by atoms with E-state index < -0.39 is 16.1 Å². The first-order valence-electron chi connectivity index (χ1n) is 9.54. The van der Waals surface area contributed by atoms with E-state index in [9.17, 15) is 13.2 Å². The normalized spacial score (nSPS) is 17.6. The number of anilines is 2. The van der Waals surface area contributed by atoms with E-state index in [2.05, 4.69) is 15.1 Å². The van der Waals surface area contributed by atoms with Gasteiger partial charge in [0, 0.05) is 32.7 Å². The Kier molecular flexibility index (Phi) is 8.41. The third-order valence-corrected chi connectivity index (χ3v) is 7.18. The first-order valence-corrected chi connectivity index (χ1v) is 11.0. The van der Waals surface area contributed by atoms with Crippen molar-refractivity contribution in [3.05, 3.63) is 48.5 Å². The summed E-state index contributed by atoms with van der Waals surface area (Å²) in [6.45, 7) is 3.80. The van der Waals surface area contributed by atoms with Gasteiger partial charge in [0.25, 0.3) is 10.0 Å². The van der Waals surface area contributed by atoms with Gasteiger partial charge in [-0.3, -0.25) is 4.90 Å². The fourth-order valence-corrected chi connectivity index (χ4v) is 5.23. The van der Waals surface area contributed by atoms with Crippen LogP contribution in [0.5, 0.6) is 5.75 Å². The predicted octanol–water partition coefficient (Wildman–Crippen LogP) is 2.90.